The van der Waals surface area contributed by atoms with Gasteiger partial charge in [-0.15, -0.1) is 0 Å². The number of alkyl halides is 3. The molecule has 0 bridgehead atoms. The molecule has 0 saturated heterocycles. The molecular formula is C25H32ClF3N6O2. The molecular weight excluding hydrogens is 509 g/mol. The predicted molar refractivity (Wildman–Crippen MR) is 136 cm³/mol. The standard InChI is InChI=1S/C25H32ClF3N6O2/c1-37-13-12-35-10-8-16-6-7-18(14-17(16)9-11-35)31-24-30-15-19(26)22(34-24)32-20-4-2-3-5-21(20)33-23(36)25(27,28)29/h6-7,14-15,20-21H,2-5,8-13H2,1H3,(H,33,36)(H2,30,31,32,34)/t20-,21-/m1/s1. The van der Waals surface area contributed by atoms with Crippen molar-refractivity contribution in [2.45, 2.75) is 56.8 Å². The maximum absolute atomic E-state index is 12.8. The number of benzene rings is 1. The Hall–Kier alpha value is -2.63. The summed E-state index contributed by atoms with van der Waals surface area (Å²) in [5, 5.41) is 8.71. The van der Waals surface area contributed by atoms with E-state index < -0.39 is 24.2 Å². The summed E-state index contributed by atoms with van der Waals surface area (Å²) in [7, 11) is 1.71. The van der Waals surface area contributed by atoms with Crippen LogP contribution in [0.1, 0.15) is 36.8 Å². The molecule has 0 radical (unpaired) electrons. The molecule has 12 heteroatoms. The summed E-state index contributed by atoms with van der Waals surface area (Å²) in [5.41, 5.74) is 3.42. The average molecular weight is 541 g/mol. The quantitative estimate of drug-likeness (QED) is 0.459. The van der Waals surface area contributed by atoms with Crippen molar-refractivity contribution >= 4 is 35.0 Å². The highest BCUT2D eigenvalue weighted by Gasteiger charge is 2.41. The third-order valence-corrected chi connectivity index (χ3v) is 7.15. The number of carbonyl (C=O) groups is 1. The fourth-order valence-corrected chi connectivity index (χ4v) is 5.00. The van der Waals surface area contributed by atoms with Crippen LogP contribution in [0.2, 0.25) is 5.02 Å². The minimum Gasteiger partial charge on any atom is -0.383 e. The van der Waals surface area contributed by atoms with Crippen molar-refractivity contribution in [3.63, 3.8) is 0 Å². The number of methoxy groups -OCH3 is 1. The smallest absolute Gasteiger partial charge is 0.383 e. The number of amides is 1. The molecule has 202 valence electrons. The van der Waals surface area contributed by atoms with E-state index in [9.17, 15) is 18.0 Å². The van der Waals surface area contributed by atoms with Crippen LogP contribution in [0.5, 0.6) is 0 Å². The number of anilines is 3. The van der Waals surface area contributed by atoms with Crippen molar-refractivity contribution in [2.24, 2.45) is 0 Å². The van der Waals surface area contributed by atoms with Gasteiger partial charge >= 0.3 is 12.1 Å². The van der Waals surface area contributed by atoms with Crippen molar-refractivity contribution in [2.75, 3.05) is 44.0 Å². The van der Waals surface area contributed by atoms with Crippen LogP contribution in [0.4, 0.5) is 30.6 Å². The lowest BCUT2D eigenvalue weighted by Gasteiger charge is -2.33. The first-order chi connectivity index (χ1) is 17.7. The highest BCUT2D eigenvalue weighted by Crippen LogP contribution is 2.28. The molecule has 2 atom stereocenters. The summed E-state index contributed by atoms with van der Waals surface area (Å²) in [6.45, 7) is 3.57. The molecule has 2 heterocycles. The largest absolute Gasteiger partial charge is 0.471 e. The molecule has 1 aliphatic carbocycles. The zero-order valence-electron chi connectivity index (χ0n) is 20.7. The van der Waals surface area contributed by atoms with Crippen LogP contribution < -0.4 is 16.0 Å². The van der Waals surface area contributed by atoms with Gasteiger partial charge in [0, 0.05) is 44.5 Å². The molecule has 8 nitrogen and oxygen atoms in total. The topological polar surface area (TPSA) is 91.4 Å². The minimum absolute atomic E-state index is 0.245. The third kappa shape index (κ3) is 7.45. The Kier molecular flexibility index (Phi) is 9.09. The number of fused-ring (bicyclic) bond motifs is 1. The van der Waals surface area contributed by atoms with Crippen LogP contribution in [-0.2, 0) is 22.4 Å². The summed E-state index contributed by atoms with van der Waals surface area (Å²) in [5.74, 6) is -1.32. The Morgan fingerprint density at radius 1 is 1.16 bits per heavy atom. The third-order valence-electron chi connectivity index (χ3n) is 6.87. The zero-order chi connectivity index (χ0) is 26.4. The predicted octanol–water partition coefficient (Wildman–Crippen LogP) is 4.32. The lowest BCUT2D eigenvalue weighted by molar-refractivity contribution is -0.174. The first-order valence-corrected chi connectivity index (χ1v) is 12.9. The van der Waals surface area contributed by atoms with E-state index in [0.29, 0.717) is 31.2 Å². The van der Waals surface area contributed by atoms with Gasteiger partial charge in [0.15, 0.2) is 5.82 Å². The number of aromatic nitrogens is 2. The second-order valence-corrected chi connectivity index (χ2v) is 9.85. The van der Waals surface area contributed by atoms with Crippen molar-refractivity contribution in [3.05, 3.63) is 40.5 Å². The number of ether oxygens (including phenoxy) is 1. The molecule has 1 aliphatic heterocycles. The Bertz CT molecular complexity index is 1090. The van der Waals surface area contributed by atoms with Gasteiger partial charge in [0.2, 0.25) is 5.95 Å². The Morgan fingerprint density at radius 2 is 1.89 bits per heavy atom. The van der Waals surface area contributed by atoms with E-state index in [4.69, 9.17) is 16.3 Å². The minimum atomic E-state index is -4.93. The first kappa shape index (κ1) is 27.4. The molecule has 2 aliphatic rings. The second-order valence-electron chi connectivity index (χ2n) is 9.45. The SMILES string of the molecule is COCCN1CCc2ccc(Nc3ncc(Cl)c(N[C@@H]4CCCC[C@H]4NC(=O)C(F)(F)F)n3)cc2CC1. The molecule has 1 amide bonds. The second kappa shape index (κ2) is 12.3. The van der Waals surface area contributed by atoms with Crippen LogP contribution in [0.25, 0.3) is 0 Å². The van der Waals surface area contributed by atoms with Gasteiger partial charge in [0.25, 0.3) is 0 Å². The summed E-state index contributed by atoms with van der Waals surface area (Å²) in [4.78, 5) is 22.7. The number of halogens is 4. The highest BCUT2D eigenvalue weighted by atomic mass is 35.5. The molecule has 0 unspecified atom stereocenters. The Balaban J connectivity index is 1.43. The van der Waals surface area contributed by atoms with Gasteiger partial charge in [-0.05, 0) is 48.9 Å². The van der Waals surface area contributed by atoms with Crippen LogP contribution in [0.3, 0.4) is 0 Å². The van der Waals surface area contributed by atoms with Gasteiger partial charge in [-0.2, -0.15) is 18.2 Å². The van der Waals surface area contributed by atoms with Crippen LogP contribution in [0.15, 0.2) is 24.4 Å². The molecule has 4 rings (SSSR count). The highest BCUT2D eigenvalue weighted by molar-refractivity contribution is 6.32. The van der Waals surface area contributed by atoms with E-state index in [2.05, 4.69) is 43.0 Å². The Morgan fingerprint density at radius 3 is 2.62 bits per heavy atom. The number of carbonyl (C=O) groups excluding carboxylic acids is 1. The normalized spacial score (nSPS) is 20.6. The van der Waals surface area contributed by atoms with Crippen molar-refractivity contribution < 1.29 is 22.7 Å². The molecule has 37 heavy (non-hydrogen) atoms. The number of nitrogens with one attached hydrogen (secondary N) is 3. The molecule has 0 spiro atoms. The van der Waals surface area contributed by atoms with E-state index in [0.717, 1.165) is 51.0 Å². The maximum atomic E-state index is 12.8. The van der Waals surface area contributed by atoms with E-state index in [1.807, 2.05) is 6.07 Å². The number of nitrogens with zero attached hydrogens (tertiary/aromatic N) is 3. The summed E-state index contributed by atoms with van der Waals surface area (Å²) >= 11 is 6.31. The number of rotatable bonds is 8. The number of hydrogen-bond donors (Lipinski definition) is 3. The van der Waals surface area contributed by atoms with E-state index in [-0.39, 0.29) is 5.02 Å². The van der Waals surface area contributed by atoms with Gasteiger partial charge in [-0.1, -0.05) is 30.5 Å². The van der Waals surface area contributed by atoms with Crippen molar-refractivity contribution in [1.29, 1.82) is 0 Å². The molecule has 1 aromatic carbocycles. The van der Waals surface area contributed by atoms with Crippen LogP contribution >= 0.6 is 11.6 Å². The molecule has 2 aromatic rings. The van der Waals surface area contributed by atoms with E-state index >= 15 is 0 Å². The fraction of sp³-hybridized carbons (Fsp3) is 0.560. The first-order valence-electron chi connectivity index (χ1n) is 12.5. The fourth-order valence-electron chi connectivity index (χ4n) is 4.85. The molecule has 1 aromatic heterocycles. The van der Waals surface area contributed by atoms with Gasteiger partial charge in [0.05, 0.1) is 12.8 Å². The monoisotopic (exact) mass is 540 g/mol. The van der Waals surface area contributed by atoms with Gasteiger partial charge in [0.1, 0.15) is 5.02 Å². The van der Waals surface area contributed by atoms with Crippen molar-refractivity contribution in [3.8, 4) is 0 Å². The number of hydrogen-bond acceptors (Lipinski definition) is 7. The Labute approximate surface area is 219 Å². The lowest BCUT2D eigenvalue weighted by Crippen LogP contribution is -2.52. The van der Waals surface area contributed by atoms with E-state index in [1.165, 1.54) is 17.3 Å². The molecule has 1 saturated carbocycles. The lowest BCUT2D eigenvalue weighted by atomic mass is 9.90. The average Bonchev–Trinajstić information content (AvgIpc) is 3.07. The van der Waals surface area contributed by atoms with Crippen molar-refractivity contribution in [1.82, 2.24) is 20.2 Å². The van der Waals surface area contributed by atoms with Gasteiger partial charge < -0.3 is 25.6 Å². The van der Waals surface area contributed by atoms with Crippen LogP contribution in [-0.4, -0.2) is 72.4 Å². The zero-order valence-corrected chi connectivity index (χ0v) is 21.5. The summed E-state index contributed by atoms with van der Waals surface area (Å²) in [6.07, 6.45) is 0.983. The maximum Gasteiger partial charge on any atom is 0.471 e. The van der Waals surface area contributed by atoms with Gasteiger partial charge in [-0.3, -0.25) is 4.79 Å². The molecule has 3 N–H and O–H groups in total. The van der Waals surface area contributed by atoms with Crippen LogP contribution in [0, 0.1) is 0 Å². The molecule has 1 fully saturated rings. The summed E-state index contributed by atoms with van der Waals surface area (Å²) < 4.78 is 43.6. The van der Waals surface area contributed by atoms with E-state index in [1.54, 1.807) is 7.11 Å². The van der Waals surface area contributed by atoms with Gasteiger partial charge in [-0.25, -0.2) is 4.98 Å². The summed E-state index contributed by atoms with van der Waals surface area (Å²) in [6, 6.07) is 5.08.